The van der Waals surface area contributed by atoms with Crippen LogP contribution < -0.4 is 15.5 Å². The molecule has 0 saturated carbocycles. The molecule has 2 aromatic rings. The van der Waals surface area contributed by atoms with E-state index in [-0.39, 0.29) is 0 Å². The van der Waals surface area contributed by atoms with E-state index < -0.39 is 0 Å². The minimum absolute atomic E-state index is 0.359. The molecule has 0 aliphatic heterocycles. The average molecular weight is 330 g/mol. The largest absolute Gasteiger partial charge is 0.363 e. The molecule has 0 spiro atoms. The number of anilines is 1. The molecule has 0 bridgehead atoms. The van der Waals surface area contributed by atoms with Gasteiger partial charge in [-0.2, -0.15) is 0 Å². The molecule has 2 aromatic heterocycles. The molecule has 0 amide bonds. The van der Waals surface area contributed by atoms with Crippen LogP contribution in [0.1, 0.15) is 36.8 Å². The highest BCUT2D eigenvalue weighted by atomic mass is 16.5. The summed E-state index contributed by atoms with van der Waals surface area (Å²) in [6.45, 7) is 5.38. The van der Waals surface area contributed by atoms with Gasteiger partial charge in [0, 0.05) is 40.0 Å². The van der Waals surface area contributed by atoms with Crippen molar-refractivity contribution in [2.75, 3.05) is 26.0 Å². The average Bonchev–Trinajstić information content (AvgIpc) is 3.04. The second kappa shape index (κ2) is 8.33. The van der Waals surface area contributed by atoms with Crippen LogP contribution in [0.3, 0.4) is 0 Å². The Labute approximate surface area is 143 Å². The molecule has 24 heavy (non-hydrogen) atoms. The van der Waals surface area contributed by atoms with Gasteiger partial charge < -0.3 is 20.1 Å². The minimum Gasteiger partial charge on any atom is -0.363 e. The SMILES string of the molecule is CN=C(NCc1ccnc(N(C)C)c1)NCc1cc(C(C)C)no1. The molecule has 2 heterocycles. The monoisotopic (exact) mass is 330 g/mol. The molecular formula is C17H26N6O. The van der Waals surface area contributed by atoms with Gasteiger partial charge in [-0.3, -0.25) is 4.99 Å². The lowest BCUT2D eigenvalue weighted by atomic mass is 10.1. The molecule has 0 unspecified atom stereocenters. The van der Waals surface area contributed by atoms with E-state index >= 15 is 0 Å². The maximum absolute atomic E-state index is 5.32. The van der Waals surface area contributed by atoms with Crippen LogP contribution in [0.5, 0.6) is 0 Å². The van der Waals surface area contributed by atoms with Crippen molar-refractivity contribution in [2.45, 2.75) is 32.9 Å². The van der Waals surface area contributed by atoms with Crippen LogP contribution in [0.25, 0.3) is 0 Å². The van der Waals surface area contributed by atoms with E-state index in [0.717, 1.165) is 22.8 Å². The first-order chi connectivity index (χ1) is 11.5. The number of guanidine groups is 1. The van der Waals surface area contributed by atoms with Gasteiger partial charge >= 0.3 is 0 Å². The fourth-order valence-corrected chi connectivity index (χ4v) is 2.08. The quantitative estimate of drug-likeness (QED) is 0.624. The van der Waals surface area contributed by atoms with Gasteiger partial charge in [0.2, 0.25) is 0 Å². The standard InChI is InChI=1S/C17H26N6O/c1-12(2)15-9-14(24-22-15)11-21-17(18-3)20-10-13-6-7-19-16(8-13)23(4)5/h6-9,12H,10-11H2,1-5H3,(H2,18,20,21). The van der Waals surface area contributed by atoms with Crippen molar-refractivity contribution in [3.63, 3.8) is 0 Å². The number of nitrogens with one attached hydrogen (secondary N) is 2. The van der Waals surface area contributed by atoms with Gasteiger partial charge in [0.1, 0.15) is 5.82 Å². The van der Waals surface area contributed by atoms with Gasteiger partial charge in [-0.05, 0) is 23.6 Å². The van der Waals surface area contributed by atoms with Crippen LogP contribution in [0.15, 0.2) is 33.9 Å². The van der Waals surface area contributed by atoms with Crippen LogP contribution in [0, 0.1) is 0 Å². The highest BCUT2D eigenvalue weighted by Gasteiger charge is 2.08. The summed E-state index contributed by atoms with van der Waals surface area (Å²) in [5.74, 6) is 2.79. The van der Waals surface area contributed by atoms with Gasteiger partial charge in [0.25, 0.3) is 0 Å². The van der Waals surface area contributed by atoms with Crippen molar-refractivity contribution in [3.05, 3.63) is 41.4 Å². The first-order valence-electron chi connectivity index (χ1n) is 8.02. The third-order valence-corrected chi connectivity index (χ3v) is 3.55. The number of aromatic nitrogens is 2. The van der Waals surface area contributed by atoms with Gasteiger partial charge in [-0.25, -0.2) is 4.98 Å². The lowest BCUT2D eigenvalue weighted by Crippen LogP contribution is -2.36. The van der Waals surface area contributed by atoms with Gasteiger partial charge in [0.05, 0.1) is 12.2 Å². The molecule has 7 nitrogen and oxygen atoms in total. The van der Waals surface area contributed by atoms with Crippen molar-refractivity contribution in [1.29, 1.82) is 0 Å². The molecular weight excluding hydrogens is 304 g/mol. The molecule has 2 rings (SSSR count). The summed E-state index contributed by atoms with van der Waals surface area (Å²) in [5, 5.41) is 10.6. The first-order valence-corrected chi connectivity index (χ1v) is 8.02. The molecule has 0 aliphatic rings. The fraction of sp³-hybridized carbons (Fsp3) is 0.471. The third-order valence-electron chi connectivity index (χ3n) is 3.55. The second-order valence-electron chi connectivity index (χ2n) is 6.07. The number of pyridine rings is 1. The molecule has 7 heteroatoms. The van der Waals surface area contributed by atoms with E-state index in [1.165, 1.54) is 0 Å². The molecule has 0 aliphatic carbocycles. The highest BCUT2D eigenvalue weighted by Crippen LogP contribution is 2.13. The minimum atomic E-state index is 0.359. The zero-order chi connectivity index (χ0) is 17.5. The highest BCUT2D eigenvalue weighted by molar-refractivity contribution is 5.79. The lowest BCUT2D eigenvalue weighted by Gasteiger charge is -2.14. The fourth-order valence-electron chi connectivity index (χ4n) is 2.08. The molecule has 0 saturated heterocycles. The summed E-state index contributed by atoms with van der Waals surface area (Å²) in [6.07, 6.45) is 1.81. The zero-order valence-corrected chi connectivity index (χ0v) is 15.0. The zero-order valence-electron chi connectivity index (χ0n) is 15.0. The number of hydrogen-bond donors (Lipinski definition) is 2. The van der Waals surface area contributed by atoms with Crippen molar-refractivity contribution in [3.8, 4) is 0 Å². The van der Waals surface area contributed by atoms with Crippen molar-refractivity contribution < 1.29 is 4.52 Å². The number of rotatable bonds is 6. The first kappa shape index (κ1) is 17.8. The summed E-state index contributed by atoms with van der Waals surface area (Å²) in [7, 11) is 5.69. The Morgan fingerprint density at radius 2 is 2.00 bits per heavy atom. The van der Waals surface area contributed by atoms with E-state index in [1.807, 2.05) is 43.4 Å². The molecule has 0 fully saturated rings. The lowest BCUT2D eigenvalue weighted by molar-refractivity contribution is 0.372. The summed E-state index contributed by atoms with van der Waals surface area (Å²) in [4.78, 5) is 10.5. The van der Waals surface area contributed by atoms with E-state index in [2.05, 4.69) is 39.6 Å². The molecule has 0 aromatic carbocycles. The van der Waals surface area contributed by atoms with Crippen LogP contribution >= 0.6 is 0 Å². The maximum atomic E-state index is 5.32. The van der Waals surface area contributed by atoms with Gasteiger partial charge in [0.15, 0.2) is 11.7 Å². The maximum Gasteiger partial charge on any atom is 0.191 e. The Morgan fingerprint density at radius 3 is 2.62 bits per heavy atom. The van der Waals surface area contributed by atoms with E-state index in [1.54, 1.807) is 7.05 Å². The van der Waals surface area contributed by atoms with E-state index in [4.69, 9.17) is 4.52 Å². The Balaban J connectivity index is 1.87. The second-order valence-corrected chi connectivity index (χ2v) is 6.07. The van der Waals surface area contributed by atoms with Crippen LogP contribution in [-0.2, 0) is 13.1 Å². The molecule has 0 atom stereocenters. The Hall–Kier alpha value is -2.57. The smallest absolute Gasteiger partial charge is 0.191 e. The van der Waals surface area contributed by atoms with Crippen LogP contribution in [0.2, 0.25) is 0 Å². The predicted octanol–water partition coefficient (Wildman–Crippen LogP) is 2.12. The van der Waals surface area contributed by atoms with Crippen molar-refractivity contribution >= 4 is 11.8 Å². The van der Waals surface area contributed by atoms with Crippen LogP contribution in [-0.4, -0.2) is 37.2 Å². The summed E-state index contributed by atoms with van der Waals surface area (Å²) in [6, 6.07) is 6.00. The van der Waals surface area contributed by atoms with E-state index in [0.29, 0.717) is 25.0 Å². The van der Waals surface area contributed by atoms with Crippen molar-refractivity contribution in [1.82, 2.24) is 20.8 Å². The topological polar surface area (TPSA) is 78.6 Å². The molecule has 0 radical (unpaired) electrons. The number of hydrogen-bond acceptors (Lipinski definition) is 5. The summed E-state index contributed by atoms with van der Waals surface area (Å²) >= 11 is 0. The Kier molecular flexibility index (Phi) is 6.17. The summed E-state index contributed by atoms with van der Waals surface area (Å²) in [5.41, 5.74) is 2.10. The number of nitrogens with zero attached hydrogens (tertiary/aromatic N) is 4. The predicted molar refractivity (Wildman–Crippen MR) is 96.2 cm³/mol. The Bertz CT molecular complexity index is 677. The Morgan fingerprint density at radius 1 is 1.25 bits per heavy atom. The normalized spacial score (nSPS) is 11.7. The van der Waals surface area contributed by atoms with Crippen molar-refractivity contribution in [2.24, 2.45) is 4.99 Å². The number of aliphatic imine (C=N–C) groups is 1. The summed E-state index contributed by atoms with van der Waals surface area (Å²) < 4.78 is 5.32. The third kappa shape index (κ3) is 4.97. The van der Waals surface area contributed by atoms with Gasteiger partial charge in [-0.1, -0.05) is 19.0 Å². The van der Waals surface area contributed by atoms with Gasteiger partial charge in [-0.15, -0.1) is 0 Å². The molecule has 2 N–H and O–H groups in total. The van der Waals surface area contributed by atoms with Crippen LogP contribution in [0.4, 0.5) is 5.82 Å². The van der Waals surface area contributed by atoms with E-state index in [9.17, 15) is 0 Å². The molecule has 130 valence electrons.